The van der Waals surface area contributed by atoms with Gasteiger partial charge >= 0.3 is 6.03 Å². The summed E-state index contributed by atoms with van der Waals surface area (Å²) in [6, 6.07) is 24.4. The number of benzene rings is 3. The van der Waals surface area contributed by atoms with Crippen molar-refractivity contribution in [2.24, 2.45) is 0 Å². The minimum absolute atomic E-state index is 0.126. The van der Waals surface area contributed by atoms with Crippen LogP contribution in [0.3, 0.4) is 0 Å². The van der Waals surface area contributed by atoms with E-state index in [4.69, 9.17) is 11.6 Å². The lowest BCUT2D eigenvalue weighted by Gasteiger charge is -2.27. The third-order valence-electron chi connectivity index (χ3n) is 6.58. The molecule has 184 valence electrons. The highest BCUT2D eigenvalue weighted by molar-refractivity contribution is 6.40. The summed E-state index contributed by atoms with van der Waals surface area (Å²) in [5.41, 5.74) is 6.50. The first-order valence-corrected chi connectivity index (χ1v) is 12.2. The molecule has 4 aromatic rings. The molecule has 0 saturated carbocycles. The summed E-state index contributed by atoms with van der Waals surface area (Å²) >= 11 is 6.21. The standard InChI is InChI=1S/C30H24ClN3O3/c1-18-16-23(20(3)33(18)24-14-12-22(13-15-24)21-8-5-4-6-9-21)17-25-28(35)32-30(37)34(29(25)36)27-11-7-10-26(31)19(27)2/h4-17H,1-3H3,(H,32,35,37)/b25-17-. The highest BCUT2D eigenvalue weighted by Crippen LogP contribution is 2.31. The van der Waals surface area contributed by atoms with Crippen LogP contribution in [0.25, 0.3) is 22.9 Å². The van der Waals surface area contributed by atoms with Gasteiger partial charge < -0.3 is 4.57 Å². The zero-order valence-corrected chi connectivity index (χ0v) is 21.3. The first kappa shape index (κ1) is 24.3. The summed E-state index contributed by atoms with van der Waals surface area (Å²) < 4.78 is 2.07. The zero-order valence-electron chi connectivity index (χ0n) is 20.6. The molecular weight excluding hydrogens is 486 g/mol. The second kappa shape index (κ2) is 9.56. The van der Waals surface area contributed by atoms with E-state index in [-0.39, 0.29) is 5.57 Å². The molecular formula is C30H24ClN3O3. The van der Waals surface area contributed by atoms with Gasteiger partial charge in [0.05, 0.1) is 5.69 Å². The molecule has 1 aromatic heterocycles. The molecule has 1 N–H and O–H groups in total. The normalized spacial score (nSPS) is 14.9. The largest absolute Gasteiger partial charge is 0.335 e. The summed E-state index contributed by atoms with van der Waals surface area (Å²) in [6.45, 7) is 5.61. The predicted molar refractivity (Wildman–Crippen MR) is 146 cm³/mol. The molecule has 4 amide bonds. The van der Waals surface area contributed by atoms with Crippen LogP contribution < -0.4 is 10.2 Å². The number of hydrogen-bond acceptors (Lipinski definition) is 3. The molecule has 5 rings (SSSR count). The van der Waals surface area contributed by atoms with Crippen molar-refractivity contribution in [3.63, 3.8) is 0 Å². The van der Waals surface area contributed by atoms with E-state index in [2.05, 4.69) is 34.1 Å². The van der Waals surface area contributed by atoms with Crippen LogP contribution >= 0.6 is 11.6 Å². The van der Waals surface area contributed by atoms with Gasteiger partial charge in [0.15, 0.2) is 0 Å². The van der Waals surface area contributed by atoms with Gasteiger partial charge in [0.2, 0.25) is 0 Å². The van der Waals surface area contributed by atoms with Crippen LogP contribution in [0.5, 0.6) is 0 Å². The summed E-state index contributed by atoms with van der Waals surface area (Å²) in [5.74, 6) is -1.43. The number of nitrogens with zero attached hydrogens (tertiary/aromatic N) is 2. The zero-order chi connectivity index (χ0) is 26.3. The molecule has 0 aliphatic carbocycles. The predicted octanol–water partition coefficient (Wildman–Crippen LogP) is 6.39. The van der Waals surface area contributed by atoms with Crippen molar-refractivity contribution < 1.29 is 14.4 Å². The fourth-order valence-electron chi connectivity index (χ4n) is 4.63. The van der Waals surface area contributed by atoms with E-state index in [1.807, 2.05) is 50.2 Å². The maximum atomic E-state index is 13.4. The van der Waals surface area contributed by atoms with Crippen LogP contribution in [-0.2, 0) is 9.59 Å². The Balaban J connectivity index is 1.51. The van der Waals surface area contributed by atoms with E-state index in [1.165, 1.54) is 6.08 Å². The smallest absolute Gasteiger partial charge is 0.318 e. The van der Waals surface area contributed by atoms with Crippen LogP contribution in [0.1, 0.15) is 22.5 Å². The quantitative estimate of drug-likeness (QED) is 0.256. The Morgan fingerprint density at radius 3 is 2.19 bits per heavy atom. The molecule has 3 aromatic carbocycles. The Bertz CT molecular complexity index is 1580. The van der Waals surface area contributed by atoms with Crippen molar-refractivity contribution >= 4 is 41.2 Å². The summed E-state index contributed by atoms with van der Waals surface area (Å²) in [7, 11) is 0. The molecule has 0 spiro atoms. The third kappa shape index (κ3) is 4.36. The van der Waals surface area contributed by atoms with Crippen LogP contribution in [0, 0.1) is 20.8 Å². The van der Waals surface area contributed by atoms with Crippen molar-refractivity contribution in [2.75, 3.05) is 4.90 Å². The molecule has 1 aliphatic heterocycles. The molecule has 0 atom stereocenters. The SMILES string of the molecule is Cc1c(Cl)cccc1N1C(=O)NC(=O)/C(=C/c2cc(C)n(-c3ccc(-c4ccccc4)cc3)c2C)C1=O. The van der Waals surface area contributed by atoms with Gasteiger partial charge in [-0.1, -0.05) is 60.1 Å². The number of aromatic nitrogens is 1. The molecule has 0 bridgehead atoms. The second-order valence-electron chi connectivity index (χ2n) is 8.92. The van der Waals surface area contributed by atoms with Crippen molar-refractivity contribution in [1.82, 2.24) is 9.88 Å². The average molecular weight is 510 g/mol. The number of carbonyl (C=O) groups excluding carboxylic acids is 3. The lowest BCUT2D eigenvalue weighted by Crippen LogP contribution is -2.54. The molecule has 2 heterocycles. The van der Waals surface area contributed by atoms with Gasteiger partial charge in [-0.15, -0.1) is 0 Å². The minimum atomic E-state index is -0.804. The van der Waals surface area contributed by atoms with E-state index >= 15 is 0 Å². The average Bonchev–Trinajstić information content (AvgIpc) is 3.17. The Morgan fingerprint density at radius 1 is 0.811 bits per heavy atom. The van der Waals surface area contributed by atoms with Gasteiger partial charge in [0.25, 0.3) is 11.8 Å². The number of amides is 4. The minimum Gasteiger partial charge on any atom is -0.318 e. The number of anilines is 1. The van der Waals surface area contributed by atoms with E-state index in [0.717, 1.165) is 33.1 Å². The van der Waals surface area contributed by atoms with Crippen LogP contribution in [-0.4, -0.2) is 22.4 Å². The molecule has 1 aliphatic rings. The van der Waals surface area contributed by atoms with Crippen molar-refractivity contribution in [1.29, 1.82) is 0 Å². The van der Waals surface area contributed by atoms with Crippen LogP contribution in [0.15, 0.2) is 84.4 Å². The van der Waals surface area contributed by atoms with Gasteiger partial charge in [0, 0.05) is 22.1 Å². The summed E-state index contributed by atoms with van der Waals surface area (Å²) in [4.78, 5) is 39.7. The van der Waals surface area contributed by atoms with E-state index in [0.29, 0.717) is 21.8 Å². The van der Waals surface area contributed by atoms with E-state index in [1.54, 1.807) is 25.1 Å². The topological polar surface area (TPSA) is 71.4 Å². The molecule has 1 fully saturated rings. The lowest BCUT2D eigenvalue weighted by molar-refractivity contribution is -0.122. The second-order valence-corrected chi connectivity index (χ2v) is 9.32. The number of urea groups is 1. The maximum absolute atomic E-state index is 13.4. The van der Waals surface area contributed by atoms with Gasteiger partial charge in [-0.25, -0.2) is 9.69 Å². The molecule has 37 heavy (non-hydrogen) atoms. The Labute approximate surface area is 219 Å². The first-order chi connectivity index (χ1) is 17.8. The van der Waals surface area contributed by atoms with Gasteiger partial charge in [-0.3, -0.25) is 14.9 Å². The molecule has 0 radical (unpaired) electrons. The van der Waals surface area contributed by atoms with Crippen LogP contribution in [0.2, 0.25) is 5.02 Å². The Morgan fingerprint density at radius 2 is 1.49 bits per heavy atom. The highest BCUT2D eigenvalue weighted by atomic mass is 35.5. The summed E-state index contributed by atoms with van der Waals surface area (Å²) in [6.07, 6.45) is 1.54. The number of halogens is 1. The number of nitrogens with one attached hydrogen (secondary N) is 1. The number of barbiturate groups is 1. The number of rotatable bonds is 4. The molecule has 1 saturated heterocycles. The van der Waals surface area contributed by atoms with Gasteiger partial charge in [-0.05, 0) is 79.4 Å². The van der Waals surface area contributed by atoms with Gasteiger partial charge in [-0.2, -0.15) is 0 Å². The van der Waals surface area contributed by atoms with Crippen molar-refractivity contribution in [3.05, 3.63) is 112 Å². The Kier molecular flexibility index (Phi) is 6.27. The number of carbonyl (C=O) groups is 3. The fourth-order valence-corrected chi connectivity index (χ4v) is 4.80. The summed E-state index contributed by atoms with van der Waals surface area (Å²) in [5, 5.41) is 2.70. The third-order valence-corrected chi connectivity index (χ3v) is 6.99. The monoisotopic (exact) mass is 509 g/mol. The van der Waals surface area contributed by atoms with Gasteiger partial charge in [0.1, 0.15) is 5.57 Å². The Hall–Kier alpha value is -4.42. The van der Waals surface area contributed by atoms with Crippen LogP contribution in [0.4, 0.5) is 10.5 Å². The fraction of sp³-hybridized carbons (Fsp3) is 0.100. The highest BCUT2D eigenvalue weighted by Gasteiger charge is 2.37. The number of aryl methyl sites for hydroxylation is 1. The molecule has 0 unspecified atom stereocenters. The molecule has 7 heteroatoms. The number of hydrogen-bond donors (Lipinski definition) is 1. The van der Waals surface area contributed by atoms with E-state index in [9.17, 15) is 14.4 Å². The molecule has 6 nitrogen and oxygen atoms in total. The maximum Gasteiger partial charge on any atom is 0.335 e. The number of imide groups is 2. The lowest BCUT2D eigenvalue weighted by atomic mass is 10.1. The van der Waals surface area contributed by atoms with Crippen molar-refractivity contribution in [3.8, 4) is 16.8 Å². The first-order valence-electron chi connectivity index (χ1n) is 11.8. The van der Waals surface area contributed by atoms with E-state index < -0.39 is 17.8 Å². The van der Waals surface area contributed by atoms with Crippen molar-refractivity contribution in [2.45, 2.75) is 20.8 Å².